The zero-order valence-corrected chi connectivity index (χ0v) is 28.4. The molecule has 0 spiro atoms. The van der Waals surface area contributed by atoms with Crippen molar-refractivity contribution in [2.75, 3.05) is 19.8 Å². The second-order valence-electron chi connectivity index (χ2n) is 12.6. The smallest absolute Gasteiger partial charge is 0.301 e. The van der Waals surface area contributed by atoms with Gasteiger partial charge in [-0.3, -0.25) is 14.1 Å². The number of benzene rings is 2. The molecule has 11 nitrogen and oxygen atoms in total. The molecule has 46 heavy (non-hydrogen) atoms. The highest BCUT2D eigenvalue weighted by Crippen LogP contribution is 2.34. The van der Waals surface area contributed by atoms with E-state index in [2.05, 4.69) is 30.2 Å². The lowest BCUT2D eigenvalue weighted by atomic mass is 10.1. The van der Waals surface area contributed by atoms with Gasteiger partial charge in [-0.2, -0.15) is 4.98 Å². The van der Waals surface area contributed by atoms with Crippen LogP contribution in [0.15, 0.2) is 65.6 Å². The number of hydrogen-bond donors (Lipinski definition) is 2. The predicted molar refractivity (Wildman–Crippen MR) is 179 cm³/mol. The van der Waals surface area contributed by atoms with Gasteiger partial charge in [0.05, 0.1) is 33.6 Å². The fourth-order valence-electron chi connectivity index (χ4n) is 5.32. The van der Waals surface area contributed by atoms with E-state index in [0.717, 1.165) is 6.04 Å². The molecule has 2 saturated heterocycles. The third kappa shape index (κ3) is 7.00. The summed E-state index contributed by atoms with van der Waals surface area (Å²) in [6.45, 7) is 8.03. The van der Waals surface area contributed by atoms with Gasteiger partial charge in [-0.25, -0.2) is 9.19 Å². The lowest BCUT2D eigenvalue weighted by Gasteiger charge is -2.19. The van der Waals surface area contributed by atoms with E-state index in [9.17, 15) is 14.1 Å². The van der Waals surface area contributed by atoms with Gasteiger partial charge in [0, 0.05) is 30.7 Å². The summed E-state index contributed by atoms with van der Waals surface area (Å²) < 4.78 is 41.3. The van der Waals surface area contributed by atoms with Crippen molar-refractivity contribution in [3.05, 3.63) is 71.2 Å². The first kappa shape index (κ1) is 32.6. The molecule has 0 aliphatic carbocycles. The highest BCUT2D eigenvalue weighted by atomic mass is 35.5. The number of nitrogens with one attached hydrogen (secondary N) is 1. The Kier molecular flexibility index (Phi) is 9.27. The molecule has 4 heterocycles. The molecular weight excluding hydrogens is 648 g/mol. The maximum absolute atomic E-state index is 13.1. The van der Waals surface area contributed by atoms with Gasteiger partial charge in [0.25, 0.3) is 5.91 Å². The van der Waals surface area contributed by atoms with E-state index in [1.54, 1.807) is 65.2 Å². The molecule has 1 amide bonds. The summed E-state index contributed by atoms with van der Waals surface area (Å²) in [5.74, 6) is 3.21. The van der Waals surface area contributed by atoms with Crippen molar-refractivity contribution in [3.63, 3.8) is 0 Å². The topological polar surface area (TPSA) is 134 Å². The van der Waals surface area contributed by atoms with Crippen LogP contribution in [0.25, 0.3) is 22.4 Å². The second-order valence-corrected chi connectivity index (χ2v) is 20.7. The average Bonchev–Trinajstić information content (AvgIpc) is 3.69. The average molecular weight is 685 g/mol. The van der Waals surface area contributed by atoms with Crippen molar-refractivity contribution in [3.8, 4) is 17.3 Å². The number of imidazole rings is 1. The van der Waals surface area contributed by atoms with Crippen LogP contribution in [0, 0.1) is 0 Å². The van der Waals surface area contributed by atoms with Crippen LogP contribution < -0.4 is 9.46 Å². The predicted octanol–water partition coefficient (Wildman–Crippen LogP) is 4.39. The number of aliphatic hydroxyl groups is 1. The number of halogens is 1. The van der Waals surface area contributed by atoms with Gasteiger partial charge in [-0.1, -0.05) is 61.6 Å². The quantitative estimate of drug-likeness (QED) is 0.134. The van der Waals surface area contributed by atoms with Gasteiger partial charge >= 0.3 is 6.01 Å². The normalized spacial score (nSPS) is 22.5. The maximum atomic E-state index is 13.1. The number of fused-ring (bicyclic) bond motifs is 2. The number of amides is 1. The van der Waals surface area contributed by atoms with Gasteiger partial charge in [0.15, 0.2) is 11.8 Å². The van der Waals surface area contributed by atoms with Crippen molar-refractivity contribution in [2.45, 2.75) is 61.7 Å². The number of rotatable bonds is 11. The minimum atomic E-state index is -3.03. The first-order valence-corrected chi connectivity index (χ1v) is 20.8. The molecule has 2 aromatic carbocycles. The molecular formula is C32H37ClN4O7SSi. The number of carbonyl (C=O) groups is 1. The number of aromatic nitrogens is 3. The van der Waals surface area contributed by atoms with E-state index in [-0.39, 0.29) is 26.0 Å². The van der Waals surface area contributed by atoms with Crippen LogP contribution in [-0.2, 0) is 30.6 Å². The number of ether oxygens (including phenoxy) is 4. The molecule has 2 aromatic heterocycles. The van der Waals surface area contributed by atoms with Crippen LogP contribution in [0.2, 0.25) is 30.7 Å². The van der Waals surface area contributed by atoms with Crippen LogP contribution in [-0.4, -0.2) is 87.9 Å². The lowest BCUT2D eigenvalue weighted by Crippen LogP contribution is -2.35. The van der Waals surface area contributed by atoms with Crippen molar-refractivity contribution < 1.29 is 33.1 Å². The van der Waals surface area contributed by atoms with Gasteiger partial charge < -0.3 is 24.1 Å². The number of hydrogen-bond acceptors (Lipinski definition) is 9. The number of aliphatic hydroxyl groups excluding tert-OH is 1. The number of pyridine rings is 1. The summed E-state index contributed by atoms with van der Waals surface area (Å²) in [7, 11) is -4.35. The van der Waals surface area contributed by atoms with Crippen LogP contribution in [0.4, 0.5) is 0 Å². The fraction of sp³-hybridized carbons (Fsp3) is 0.375. The lowest BCUT2D eigenvalue weighted by molar-refractivity contribution is 0.00336. The summed E-state index contributed by atoms with van der Waals surface area (Å²) in [5.41, 5.74) is 2.47. The molecule has 2 N–H and O–H groups in total. The molecule has 2 aliphatic heterocycles. The van der Waals surface area contributed by atoms with Crippen LogP contribution in [0.1, 0.15) is 10.4 Å². The van der Waals surface area contributed by atoms with E-state index in [0.29, 0.717) is 44.5 Å². The molecule has 0 saturated carbocycles. The maximum Gasteiger partial charge on any atom is 0.301 e. The van der Waals surface area contributed by atoms with E-state index in [4.69, 9.17) is 40.5 Å². The summed E-state index contributed by atoms with van der Waals surface area (Å²) in [5, 5.41) is 10.5. The minimum absolute atomic E-state index is 0.153. The molecule has 244 valence electrons. The van der Waals surface area contributed by atoms with Crippen LogP contribution >= 0.6 is 11.6 Å². The Balaban J connectivity index is 1.27. The Bertz CT molecular complexity index is 1830. The summed E-state index contributed by atoms with van der Waals surface area (Å²) in [6.07, 6.45) is -2.03. The first-order chi connectivity index (χ1) is 21.9. The molecule has 1 unspecified atom stereocenters. The molecule has 2 aliphatic rings. The van der Waals surface area contributed by atoms with E-state index < -0.39 is 48.1 Å². The minimum Gasteiger partial charge on any atom is -0.456 e. The van der Waals surface area contributed by atoms with Crippen molar-refractivity contribution in [1.82, 2.24) is 19.3 Å². The third-order valence-electron chi connectivity index (χ3n) is 7.90. The van der Waals surface area contributed by atoms with Crippen LogP contribution in [0.3, 0.4) is 0 Å². The summed E-state index contributed by atoms with van der Waals surface area (Å²) in [4.78, 5) is 22.9. The van der Waals surface area contributed by atoms with Crippen LogP contribution in [0.5, 0.6) is 6.01 Å². The molecule has 0 radical (unpaired) electrons. The zero-order valence-electron chi connectivity index (χ0n) is 25.9. The summed E-state index contributed by atoms with van der Waals surface area (Å²) in [6, 6.07) is 18.3. The fourth-order valence-corrected chi connectivity index (χ4v) is 7.46. The van der Waals surface area contributed by atoms with Crippen molar-refractivity contribution in [1.29, 1.82) is 0 Å². The van der Waals surface area contributed by atoms with Crippen molar-refractivity contribution >= 4 is 52.3 Å². The molecule has 6 rings (SSSR count). The second kappa shape index (κ2) is 13.1. The molecule has 5 atom stereocenters. The largest absolute Gasteiger partial charge is 0.456 e. The standard InChI is InChI=1S/C32H37ClN4O7SSi/c1-45(40,22-8-6-5-7-9-22)36-31(39)21-12-10-20(11-13-21)27-23(33)16-24-30(35-27)37(19-41-14-15-46(2,3)4)32(34-24)44-26-18-43-28-25(38)17-42-29(26)28/h5-13,16,25-26,28-29,38H,1,14-15,17-19H2,2-4H3,(H,36,39,40)/t25-,26-,28-,29-,45?/m1/s1. The highest BCUT2D eigenvalue weighted by molar-refractivity contribution is 7.99. The van der Waals surface area contributed by atoms with Gasteiger partial charge in [-0.05, 0) is 42.2 Å². The van der Waals surface area contributed by atoms with Crippen molar-refractivity contribution in [2.24, 2.45) is 0 Å². The monoisotopic (exact) mass is 684 g/mol. The van der Waals surface area contributed by atoms with Gasteiger partial charge in [0.1, 0.15) is 30.6 Å². The SMILES string of the molecule is C=S(=O)(NC(=O)c1ccc(-c2nc3c(cc2Cl)nc(O[C@@H]2CO[C@H]4[C@@H]2OC[C@H]4O)n3COCC[Si](C)(C)C)cc1)c1ccccc1. The Hall–Kier alpha value is -3.30. The zero-order chi connectivity index (χ0) is 32.6. The van der Waals surface area contributed by atoms with Gasteiger partial charge in [-0.15, -0.1) is 0 Å². The highest BCUT2D eigenvalue weighted by Gasteiger charge is 2.49. The Morgan fingerprint density at radius 2 is 1.83 bits per heavy atom. The third-order valence-corrected chi connectivity index (χ3v) is 11.4. The summed E-state index contributed by atoms with van der Waals surface area (Å²) >= 11 is 6.72. The number of carbonyl (C=O) groups excluding carboxylic acids is 1. The Labute approximate surface area is 274 Å². The first-order valence-electron chi connectivity index (χ1n) is 15.0. The Morgan fingerprint density at radius 3 is 2.54 bits per heavy atom. The molecule has 2 fully saturated rings. The van der Waals surface area contributed by atoms with E-state index in [1.807, 2.05) is 0 Å². The van der Waals surface area contributed by atoms with E-state index in [1.165, 1.54) is 0 Å². The molecule has 0 bridgehead atoms. The Morgan fingerprint density at radius 1 is 1.11 bits per heavy atom. The van der Waals surface area contributed by atoms with Gasteiger partial charge in [0.2, 0.25) is 0 Å². The molecule has 4 aromatic rings. The van der Waals surface area contributed by atoms with E-state index >= 15 is 0 Å². The molecule has 14 heteroatoms. The number of nitrogens with zero attached hydrogens (tertiary/aromatic N) is 3.